The number of aromatic nitrogens is 1. The van der Waals surface area contributed by atoms with Crippen LogP contribution in [-0.4, -0.2) is 40.0 Å². The molecule has 0 aromatic carbocycles. The molecular weight excluding hydrogens is 224 g/mol. The number of carbonyl (C=O) groups is 2. The van der Waals surface area contributed by atoms with Crippen LogP contribution in [0.4, 0.5) is 0 Å². The molecular formula is C11H14N2O4. The molecule has 0 spiro atoms. The van der Waals surface area contributed by atoms with Crippen LogP contribution in [0, 0.1) is 12.8 Å². The van der Waals surface area contributed by atoms with E-state index in [1.165, 1.54) is 11.3 Å². The van der Waals surface area contributed by atoms with Crippen molar-refractivity contribution >= 4 is 11.9 Å². The summed E-state index contributed by atoms with van der Waals surface area (Å²) in [6, 6.07) is 0. The van der Waals surface area contributed by atoms with E-state index >= 15 is 0 Å². The molecule has 1 fully saturated rings. The molecule has 2 rings (SSSR count). The van der Waals surface area contributed by atoms with Gasteiger partial charge in [0.1, 0.15) is 12.3 Å². The van der Waals surface area contributed by atoms with Gasteiger partial charge in [-0.05, 0) is 25.7 Å². The first kappa shape index (κ1) is 11.6. The number of carboxylic acid groups (broad SMARTS) is 1. The minimum Gasteiger partial charge on any atom is -0.480 e. The predicted octanol–water partition coefficient (Wildman–Crippen LogP) is 0.920. The molecule has 1 aliphatic carbocycles. The summed E-state index contributed by atoms with van der Waals surface area (Å²) in [5.74, 6) is -0.530. The highest BCUT2D eigenvalue weighted by molar-refractivity contribution is 5.94. The highest BCUT2D eigenvalue weighted by atomic mass is 16.4. The number of amides is 1. The fourth-order valence-electron chi connectivity index (χ4n) is 1.66. The average Bonchev–Trinajstić information content (AvgIpc) is 2.97. The Morgan fingerprint density at radius 1 is 1.59 bits per heavy atom. The second kappa shape index (κ2) is 4.57. The minimum absolute atomic E-state index is 0.201. The monoisotopic (exact) mass is 238 g/mol. The zero-order valence-corrected chi connectivity index (χ0v) is 9.55. The van der Waals surface area contributed by atoms with Crippen molar-refractivity contribution in [3.05, 3.63) is 17.8 Å². The van der Waals surface area contributed by atoms with E-state index < -0.39 is 5.97 Å². The molecule has 1 saturated carbocycles. The van der Waals surface area contributed by atoms with E-state index in [9.17, 15) is 9.59 Å². The molecule has 6 heteroatoms. The SMILES string of the molecule is Cc1ocnc1C(=O)N(CC(=O)O)CC1CC1. The van der Waals surface area contributed by atoms with Crippen molar-refractivity contribution in [1.29, 1.82) is 0 Å². The van der Waals surface area contributed by atoms with Crippen LogP contribution >= 0.6 is 0 Å². The molecule has 17 heavy (non-hydrogen) atoms. The Hall–Kier alpha value is -1.85. The summed E-state index contributed by atoms with van der Waals surface area (Å²) in [7, 11) is 0. The van der Waals surface area contributed by atoms with E-state index in [-0.39, 0.29) is 18.1 Å². The number of hydrogen-bond donors (Lipinski definition) is 1. The van der Waals surface area contributed by atoms with Gasteiger partial charge in [0.15, 0.2) is 12.1 Å². The lowest BCUT2D eigenvalue weighted by molar-refractivity contribution is -0.137. The summed E-state index contributed by atoms with van der Waals surface area (Å²) < 4.78 is 4.96. The highest BCUT2D eigenvalue weighted by Gasteiger charge is 2.30. The minimum atomic E-state index is -1.01. The van der Waals surface area contributed by atoms with Gasteiger partial charge in [-0.1, -0.05) is 0 Å². The van der Waals surface area contributed by atoms with Gasteiger partial charge in [0, 0.05) is 6.54 Å². The lowest BCUT2D eigenvalue weighted by atomic mass is 10.3. The standard InChI is InChI=1S/C11H14N2O4/c1-7-10(12-6-17-7)11(16)13(5-9(14)15)4-8-2-3-8/h6,8H,2-5H2,1H3,(H,14,15). The molecule has 92 valence electrons. The van der Waals surface area contributed by atoms with Gasteiger partial charge in [-0.3, -0.25) is 9.59 Å². The van der Waals surface area contributed by atoms with Gasteiger partial charge >= 0.3 is 5.97 Å². The second-order valence-corrected chi connectivity index (χ2v) is 4.28. The number of carbonyl (C=O) groups excluding carboxylic acids is 1. The smallest absolute Gasteiger partial charge is 0.323 e. The lowest BCUT2D eigenvalue weighted by Crippen LogP contribution is -2.37. The Labute approximate surface area is 98.2 Å². The lowest BCUT2D eigenvalue weighted by Gasteiger charge is -2.19. The normalized spacial score (nSPS) is 14.6. The molecule has 1 heterocycles. The highest BCUT2D eigenvalue weighted by Crippen LogP contribution is 2.30. The van der Waals surface area contributed by atoms with Gasteiger partial charge in [0.05, 0.1) is 0 Å². The van der Waals surface area contributed by atoms with Crippen LogP contribution in [0.5, 0.6) is 0 Å². The van der Waals surface area contributed by atoms with Gasteiger partial charge in [-0.2, -0.15) is 0 Å². The van der Waals surface area contributed by atoms with Gasteiger partial charge in [-0.25, -0.2) is 4.98 Å². The van der Waals surface area contributed by atoms with Crippen molar-refractivity contribution in [1.82, 2.24) is 9.88 Å². The number of aryl methyl sites for hydroxylation is 1. The molecule has 1 amide bonds. The fraction of sp³-hybridized carbons (Fsp3) is 0.545. The maximum Gasteiger partial charge on any atom is 0.323 e. The van der Waals surface area contributed by atoms with E-state index in [1.807, 2.05) is 0 Å². The number of hydrogen-bond acceptors (Lipinski definition) is 4. The number of aliphatic carboxylic acids is 1. The molecule has 1 aromatic rings. The molecule has 0 radical (unpaired) electrons. The molecule has 6 nitrogen and oxygen atoms in total. The molecule has 0 aliphatic heterocycles. The topological polar surface area (TPSA) is 83.6 Å². The van der Waals surface area contributed by atoms with E-state index in [2.05, 4.69) is 4.98 Å². The first-order valence-corrected chi connectivity index (χ1v) is 5.49. The van der Waals surface area contributed by atoms with Crippen LogP contribution in [0.2, 0.25) is 0 Å². The van der Waals surface area contributed by atoms with Crippen molar-refractivity contribution in [2.24, 2.45) is 5.92 Å². The van der Waals surface area contributed by atoms with E-state index in [0.29, 0.717) is 18.2 Å². The second-order valence-electron chi connectivity index (χ2n) is 4.28. The molecule has 1 aromatic heterocycles. The first-order chi connectivity index (χ1) is 8.08. The fourth-order valence-corrected chi connectivity index (χ4v) is 1.66. The zero-order chi connectivity index (χ0) is 12.4. The van der Waals surface area contributed by atoms with Crippen LogP contribution in [0.3, 0.4) is 0 Å². The summed E-state index contributed by atoms with van der Waals surface area (Å²) >= 11 is 0. The Kier molecular flexibility index (Phi) is 3.12. The van der Waals surface area contributed by atoms with Crippen LogP contribution in [-0.2, 0) is 4.79 Å². The molecule has 0 unspecified atom stereocenters. The molecule has 0 saturated heterocycles. The number of oxazole rings is 1. The van der Waals surface area contributed by atoms with Gasteiger partial charge in [-0.15, -0.1) is 0 Å². The zero-order valence-electron chi connectivity index (χ0n) is 9.55. The average molecular weight is 238 g/mol. The summed E-state index contributed by atoms with van der Waals surface area (Å²) in [6.45, 7) is 1.83. The van der Waals surface area contributed by atoms with Crippen LogP contribution in [0.1, 0.15) is 29.1 Å². The van der Waals surface area contributed by atoms with Gasteiger partial charge < -0.3 is 14.4 Å². The molecule has 1 aliphatic rings. The van der Waals surface area contributed by atoms with Crippen molar-refractivity contribution in [2.75, 3.05) is 13.1 Å². The third-order valence-electron chi connectivity index (χ3n) is 2.74. The summed E-state index contributed by atoms with van der Waals surface area (Å²) in [4.78, 5) is 27.9. The number of rotatable bonds is 5. The largest absolute Gasteiger partial charge is 0.480 e. The van der Waals surface area contributed by atoms with E-state index in [0.717, 1.165) is 12.8 Å². The molecule has 0 atom stereocenters. The van der Waals surface area contributed by atoms with Gasteiger partial charge in [0.2, 0.25) is 0 Å². The van der Waals surface area contributed by atoms with Crippen molar-refractivity contribution in [3.63, 3.8) is 0 Å². The van der Waals surface area contributed by atoms with Crippen molar-refractivity contribution in [3.8, 4) is 0 Å². The van der Waals surface area contributed by atoms with E-state index in [4.69, 9.17) is 9.52 Å². The number of carboxylic acids is 1. The summed E-state index contributed by atoms with van der Waals surface area (Å²) in [5.41, 5.74) is 0.201. The predicted molar refractivity (Wildman–Crippen MR) is 57.5 cm³/mol. The summed E-state index contributed by atoms with van der Waals surface area (Å²) in [6.07, 6.45) is 3.31. The molecule has 0 bridgehead atoms. The Morgan fingerprint density at radius 3 is 2.76 bits per heavy atom. The van der Waals surface area contributed by atoms with Crippen molar-refractivity contribution in [2.45, 2.75) is 19.8 Å². The summed E-state index contributed by atoms with van der Waals surface area (Å²) in [5, 5.41) is 8.80. The third kappa shape index (κ3) is 2.83. The Bertz CT molecular complexity index is 436. The molecule has 1 N–H and O–H groups in total. The van der Waals surface area contributed by atoms with Crippen LogP contribution in [0.15, 0.2) is 10.8 Å². The maximum absolute atomic E-state index is 12.1. The first-order valence-electron chi connectivity index (χ1n) is 5.49. The van der Waals surface area contributed by atoms with Crippen molar-refractivity contribution < 1.29 is 19.1 Å². The third-order valence-corrected chi connectivity index (χ3v) is 2.74. The van der Waals surface area contributed by atoms with E-state index in [1.54, 1.807) is 6.92 Å². The maximum atomic E-state index is 12.1. The Balaban J connectivity index is 2.10. The van der Waals surface area contributed by atoms with Gasteiger partial charge in [0.25, 0.3) is 5.91 Å². The van der Waals surface area contributed by atoms with Crippen LogP contribution in [0.25, 0.3) is 0 Å². The Morgan fingerprint density at radius 2 is 2.29 bits per heavy atom. The van der Waals surface area contributed by atoms with Crippen LogP contribution < -0.4 is 0 Å². The quantitative estimate of drug-likeness (QED) is 0.824. The number of nitrogens with zero attached hydrogens (tertiary/aromatic N) is 2.